The highest BCUT2D eigenvalue weighted by Crippen LogP contribution is 2.29. The first kappa shape index (κ1) is 33.0. The maximum atomic E-state index is 14.4. The molecule has 0 bridgehead atoms. The molecule has 2 amide bonds. The molecule has 1 N–H and O–H groups in total. The lowest BCUT2D eigenvalue weighted by Crippen LogP contribution is -2.53. The Hall–Kier alpha value is -3.92. The predicted octanol–water partition coefficient (Wildman–Crippen LogP) is 6.49. The van der Waals surface area contributed by atoms with Gasteiger partial charge < -0.3 is 10.2 Å². The molecule has 0 aliphatic carbocycles. The number of sulfonamides is 1. The van der Waals surface area contributed by atoms with Gasteiger partial charge in [0.25, 0.3) is 10.0 Å². The van der Waals surface area contributed by atoms with Crippen LogP contribution in [0, 0.1) is 5.82 Å². The lowest BCUT2D eigenvalue weighted by Gasteiger charge is -2.34. The van der Waals surface area contributed by atoms with Crippen LogP contribution in [0.3, 0.4) is 0 Å². The summed E-state index contributed by atoms with van der Waals surface area (Å²) in [5.74, 6) is -1.80. The van der Waals surface area contributed by atoms with Gasteiger partial charge in [-0.15, -0.1) is 0 Å². The summed E-state index contributed by atoms with van der Waals surface area (Å²) in [6.07, 6.45) is 0.844. The smallest absolute Gasteiger partial charge is 0.264 e. The second kappa shape index (κ2) is 15.2. The first-order chi connectivity index (χ1) is 21.1. The second-order valence-corrected chi connectivity index (χ2v) is 12.7. The van der Waals surface area contributed by atoms with Crippen molar-refractivity contribution in [1.82, 2.24) is 10.2 Å². The molecule has 1 atom stereocenters. The number of hydrogen-bond acceptors (Lipinski definition) is 4. The third-order valence-electron chi connectivity index (χ3n) is 6.92. The number of hydrogen-bond donors (Lipinski definition) is 1. The summed E-state index contributed by atoms with van der Waals surface area (Å²) in [5, 5.41) is 2.96. The van der Waals surface area contributed by atoms with E-state index in [-0.39, 0.29) is 28.6 Å². The SMILES string of the molecule is CCCNC(=O)[C@H](Cc1ccccc1)N(Cc1ccccc1Cl)C(=O)CN(c1ccc(F)c(Cl)c1)S(=O)(=O)c1ccccc1. The largest absolute Gasteiger partial charge is 0.354 e. The van der Waals surface area contributed by atoms with Crippen LogP contribution >= 0.6 is 23.2 Å². The molecule has 0 radical (unpaired) electrons. The van der Waals surface area contributed by atoms with Gasteiger partial charge in [0, 0.05) is 24.5 Å². The first-order valence-electron chi connectivity index (χ1n) is 14.0. The minimum absolute atomic E-state index is 0.0126. The highest BCUT2D eigenvalue weighted by Gasteiger charge is 2.35. The monoisotopic (exact) mass is 655 g/mol. The van der Waals surface area contributed by atoms with Crippen LogP contribution in [0.25, 0.3) is 0 Å². The minimum atomic E-state index is -4.33. The van der Waals surface area contributed by atoms with Crippen LogP contribution in [0.2, 0.25) is 10.0 Å². The van der Waals surface area contributed by atoms with E-state index in [9.17, 15) is 22.4 Å². The first-order valence-corrected chi connectivity index (χ1v) is 16.2. The number of anilines is 1. The molecule has 44 heavy (non-hydrogen) atoms. The quantitative estimate of drug-likeness (QED) is 0.178. The molecule has 230 valence electrons. The van der Waals surface area contributed by atoms with Crippen molar-refractivity contribution in [3.05, 3.63) is 130 Å². The minimum Gasteiger partial charge on any atom is -0.354 e. The second-order valence-electron chi connectivity index (χ2n) is 10.0. The Balaban J connectivity index is 1.81. The zero-order valence-corrected chi connectivity index (χ0v) is 26.3. The van der Waals surface area contributed by atoms with Crippen molar-refractivity contribution in [3.63, 3.8) is 0 Å². The Morgan fingerprint density at radius 3 is 2.14 bits per heavy atom. The lowest BCUT2D eigenvalue weighted by molar-refractivity contribution is -0.140. The number of rotatable bonds is 13. The molecule has 7 nitrogen and oxygen atoms in total. The van der Waals surface area contributed by atoms with E-state index >= 15 is 0 Å². The van der Waals surface area contributed by atoms with Crippen molar-refractivity contribution in [3.8, 4) is 0 Å². The van der Waals surface area contributed by atoms with Crippen LogP contribution in [-0.4, -0.2) is 44.3 Å². The number of carbonyl (C=O) groups excluding carboxylic acids is 2. The summed E-state index contributed by atoms with van der Waals surface area (Å²) < 4.78 is 42.9. The number of amides is 2. The summed E-state index contributed by atoms with van der Waals surface area (Å²) in [6, 6.07) is 26.2. The number of nitrogens with one attached hydrogen (secondary N) is 1. The molecule has 0 saturated heterocycles. The average molecular weight is 657 g/mol. The van der Waals surface area contributed by atoms with E-state index in [1.807, 2.05) is 37.3 Å². The van der Waals surface area contributed by atoms with Crippen molar-refractivity contribution in [2.45, 2.75) is 37.2 Å². The molecule has 0 aromatic heterocycles. The van der Waals surface area contributed by atoms with Gasteiger partial charge in [-0.3, -0.25) is 13.9 Å². The van der Waals surface area contributed by atoms with E-state index in [4.69, 9.17) is 23.2 Å². The van der Waals surface area contributed by atoms with E-state index in [2.05, 4.69) is 5.32 Å². The fourth-order valence-corrected chi connectivity index (χ4v) is 6.42. The fraction of sp³-hybridized carbons (Fsp3) is 0.212. The van der Waals surface area contributed by atoms with Crippen LogP contribution in [0.5, 0.6) is 0 Å². The van der Waals surface area contributed by atoms with Crippen molar-refractivity contribution >= 4 is 50.7 Å². The molecule has 11 heteroatoms. The van der Waals surface area contributed by atoms with Crippen molar-refractivity contribution in [2.24, 2.45) is 0 Å². The molecule has 0 unspecified atom stereocenters. The van der Waals surface area contributed by atoms with Crippen molar-refractivity contribution in [1.29, 1.82) is 0 Å². The van der Waals surface area contributed by atoms with Gasteiger partial charge >= 0.3 is 0 Å². The van der Waals surface area contributed by atoms with E-state index in [1.165, 1.54) is 23.1 Å². The van der Waals surface area contributed by atoms with Gasteiger partial charge in [0.05, 0.1) is 15.6 Å². The lowest BCUT2D eigenvalue weighted by atomic mass is 10.0. The van der Waals surface area contributed by atoms with Gasteiger partial charge in [-0.05, 0) is 53.9 Å². The topological polar surface area (TPSA) is 86.8 Å². The number of benzene rings is 4. The zero-order chi connectivity index (χ0) is 31.7. The maximum absolute atomic E-state index is 14.4. The van der Waals surface area contributed by atoms with Gasteiger partial charge in [-0.25, -0.2) is 12.8 Å². The summed E-state index contributed by atoms with van der Waals surface area (Å²) in [6.45, 7) is 1.54. The normalized spacial score (nSPS) is 11.9. The number of halogens is 3. The molecule has 0 spiro atoms. The van der Waals surface area contributed by atoms with Gasteiger partial charge in [0.2, 0.25) is 11.8 Å². The van der Waals surface area contributed by atoms with E-state index in [0.717, 1.165) is 22.0 Å². The molecule has 4 aromatic carbocycles. The van der Waals surface area contributed by atoms with Gasteiger partial charge in [0.15, 0.2) is 0 Å². The van der Waals surface area contributed by atoms with Crippen molar-refractivity contribution < 1.29 is 22.4 Å². The molecule has 0 heterocycles. The Morgan fingerprint density at radius 1 is 0.864 bits per heavy atom. The molecule has 0 aliphatic rings. The maximum Gasteiger partial charge on any atom is 0.264 e. The molecular formula is C33H32Cl2FN3O4S. The Morgan fingerprint density at radius 2 is 1.50 bits per heavy atom. The van der Waals surface area contributed by atoms with E-state index in [1.54, 1.807) is 42.5 Å². The third kappa shape index (κ3) is 8.16. The molecule has 4 rings (SSSR count). The highest BCUT2D eigenvalue weighted by atomic mass is 35.5. The fourth-order valence-electron chi connectivity index (χ4n) is 4.62. The molecule has 0 fully saturated rings. The molecule has 4 aromatic rings. The average Bonchev–Trinajstić information content (AvgIpc) is 3.03. The van der Waals surface area contributed by atoms with Crippen LogP contribution in [0.15, 0.2) is 108 Å². The summed E-state index contributed by atoms with van der Waals surface area (Å²) in [7, 11) is -4.33. The Bertz CT molecular complexity index is 1690. The summed E-state index contributed by atoms with van der Waals surface area (Å²) in [5.41, 5.74) is 1.37. The van der Waals surface area contributed by atoms with Crippen molar-refractivity contribution in [2.75, 3.05) is 17.4 Å². The van der Waals surface area contributed by atoms with Gasteiger partial charge in [0.1, 0.15) is 18.4 Å². The van der Waals surface area contributed by atoms with Crippen LogP contribution < -0.4 is 9.62 Å². The number of nitrogens with zero attached hydrogens (tertiary/aromatic N) is 2. The highest BCUT2D eigenvalue weighted by molar-refractivity contribution is 7.92. The zero-order valence-electron chi connectivity index (χ0n) is 24.0. The molecule has 0 aliphatic heterocycles. The third-order valence-corrected chi connectivity index (χ3v) is 9.37. The predicted molar refractivity (Wildman–Crippen MR) is 172 cm³/mol. The Kier molecular flexibility index (Phi) is 11.4. The summed E-state index contributed by atoms with van der Waals surface area (Å²) in [4.78, 5) is 29.3. The molecular weight excluding hydrogens is 624 g/mol. The van der Waals surface area contributed by atoms with Gasteiger partial charge in [-0.2, -0.15) is 0 Å². The van der Waals surface area contributed by atoms with Crippen LogP contribution in [-0.2, 0) is 32.6 Å². The van der Waals surface area contributed by atoms with Gasteiger partial charge in [-0.1, -0.05) is 96.9 Å². The van der Waals surface area contributed by atoms with Crippen LogP contribution in [0.1, 0.15) is 24.5 Å². The number of carbonyl (C=O) groups is 2. The molecule has 0 saturated carbocycles. The standard InChI is InChI=1S/C33H32Cl2FN3O4S/c1-2-19-37-33(41)31(20-24-11-5-3-6-12-24)38(22-25-13-9-10-16-28(25)34)32(40)23-39(26-17-18-30(36)29(35)21-26)44(42,43)27-14-7-4-8-15-27/h3-18,21,31H,2,19-20,22-23H2,1H3,(H,37,41)/t31-/m0/s1. The van der Waals surface area contributed by atoms with E-state index in [0.29, 0.717) is 23.6 Å². The van der Waals surface area contributed by atoms with Crippen LogP contribution in [0.4, 0.5) is 10.1 Å². The Labute approximate surface area is 267 Å². The summed E-state index contributed by atoms with van der Waals surface area (Å²) >= 11 is 12.5. The van der Waals surface area contributed by atoms with E-state index < -0.39 is 40.2 Å².